The van der Waals surface area contributed by atoms with Gasteiger partial charge in [0.1, 0.15) is 5.82 Å². The van der Waals surface area contributed by atoms with Gasteiger partial charge in [0.05, 0.1) is 24.3 Å². The highest BCUT2D eigenvalue weighted by Gasteiger charge is 2.18. The molecule has 1 atom stereocenters. The first-order valence-electron chi connectivity index (χ1n) is 7.07. The van der Waals surface area contributed by atoms with Crippen LogP contribution in [0, 0.1) is 0 Å². The lowest BCUT2D eigenvalue weighted by Gasteiger charge is -2.20. The largest absolute Gasteiger partial charge is 0.383 e. The van der Waals surface area contributed by atoms with E-state index in [1.54, 1.807) is 17.5 Å². The third kappa shape index (κ3) is 2.69. The Bertz CT molecular complexity index is 703. The second-order valence-electron chi connectivity index (χ2n) is 4.94. The molecule has 0 amide bonds. The third-order valence-electron chi connectivity index (χ3n) is 3.55. The van der Waals surface area contributed by atoms with Crippen molar-refractivity contribution in [3.63, 3.8) is 0 Å². The van der Waals surface area contributed by atoms with Crippen molar-refractivity contribution in [1.82, 2.24) is 14.5 Å². The minimum Gasteiger partial charge on any atom is -0.383 e. The second-order valence-corrected chi connectivity index (χ2v) is 5.92. The average Bonchev–Trinajstić information content (AvgIpc) is 3.17. The maximum atomic E-state index is 6.02. The summed E-state index contributed by atoms with van der Waals surface area (Å²) < 4.78 is 2.21. The molecular formula is C16H18N4S. The Kier molecular flexibility index (Phi) is 4.01. The molecule has 0 fully saturated rings. The summed E-state index contributed by atoms with van der Waals surface area (Å²) in [6.45, 7) is 2.20. The van der Waals surface area contributed by atoms with E-state index >= 15 is 0 Å². The summed E-state index contributed by atoms with van der Waals surface area (Å²) in [5, 5.41) is 2.12. The lowest BCUT2D eigenvalue weighted by Crippen LogP contribution is -2.10. The number of nitrogens with zero attached hydrogens (tertiary/aromatic N) is 3. The normalized spacial score (nSPS) is 12.4. The second kappa shape index (κ2) is 6.10. The highest BCUT2D eigenvalue weighted by Crippen LogP contribution is 2.33. The van der Waals surface area contributed by atoms with Crippen LogP contribution in [-0.4, -0.2) is 14.5 Å². The Hall–Kier alpha value is -2.14. The van der Waals surface area contributed by atoms with Gasteiger partial charge < -0.3 is 10.3 Å². The number of thiophene rings is 1. The molecule has 3 aromatic rings. The van der Waals surface area contributed by atoms with E-state index in [-0.39, 0.29) is 0 Å². The SMILES string of the molecule is CCCC(c1cccs1)n1cncc1-c1cccnc1N. The molecule has 0 aliphatic heterocycles. The number of anilines is 1. The van der Waals surface area contributed by atoms with E-state index in [1.807, 2.05) is 24.7 Å². The summed E-state index contributed by atoms with van der Waals surface area (Å²) in [6, 6.07) is 8.47. The molecule has 1 unspecified atom stereocenters. The fraction of sp³-hybridized carbons (Fsp3) is 0.250. The molecule has 3 aromatic heterocycles. The number of nitrogens with two attached hydrogens (primary N) is 1. The highest BCUT2D eigenvalue weighted by molar-refractivity contribution is 7.10. The van der Waals surface area contributed by atoms with Crippen molar-refractivity contribution in [1.29, 1.82) is 0 Å². The lowest BCUT2D eigenvalue weighted by atomic mass is 10.1. The van der Waals surface area contributed by atoms with Crippen molar-refractivity contribution in [2.75, 3.05) is 5.73 Å². The number of pyridine rings is 1. The first-order chi connectivity index (χ1) is 10.3. The van der Waals surface area contributed by atoms with Crippen LogP contribution in [0.3, 0.4) is 0 Å². The van der Waals surface area contributed by atoms with Crippen LogP contribution in [0.4, 0.5) is 5.82 Å². The van der Waals surface area contributed by atoms with Crippen molar-refractivity contribution in [2.24, 2.45) is 0 Å². The fourth-order valence-corrected chi connectivity index (χ4v) is 3.43. The molecular weight excluding hydrogens is 280 g/mol. The summed E-state index contributed by atoms with van der Waals surface area (Å²) in [5.41, 5.74) is 7.98. The Morgan fingerprint density at radius 2 is 2.24 bits per heavy atom. The Labute approximate surface area is 128 Å². The monoisotopic (exact) mass is 298 g/mol. The predicted molar refractivity (Wildman–Crippen MR) is 87.2 cm³/mol. The number of nitrogen functional groups attached to an aromatic ring is 1. The van der Waals surface area contributed by atoms with Crippen molar-refractivity contribution in [2.45, 2.75) is 25.8 Å². The highest BCUT2D eigenvalue weighted by atomic mass is 32.1. The van der Waals surface area contributed by atoms with Crippen molar-refractivity contribution >= 4 is 17.2 Å². The van der Waals surface area contributed by atoms with Gasteiger partial charge in [0.15, 0.2) is 0 Å². The van der Waals surface area contributed by atoms with Crippen molar-refractivity contribution in [3.05, 3.63) is 53.2 Å². The van der Waals surface area contributed by atoms with Gasteiger partial charge in [-0.1, -0.05) is 19.4 Å². The summed E-state index contributed by atoms with van der Waals surface area (Å²) in [6.07, 6.45) is 7.65. The van der Waals surface area contributed by atoms with E-state index < -0.39 is 0 Å². The maximum Gasteiger partial charge on any atom is 0.132 e. The summed E-state index contributed by atoms with van der Waals surface area (Å²) >= 11 is 1.78. The van der Waals surface area contributed by atoms with Crippen LogP contribution in [0.1, 0.15) is 30.7 Å². The van der Waals surface area contributed by atoms with Gasteiger partial charge in [-0.15, -0.1) is 11.3 Å². The van der Waals surface area contributed by atoms with Gasteiger partial charge in [0.2, 0.25) is 0 Å². The van der Waals surface area contributed by atoms with Crippen molar-refractivity contribution in [3.8, 4) is 11.3 Å². The van der Waals surface area contributed by atoms with Crippen LogP contribution in [0.2, 0.25) is 0 Å². The first-order valence-corrected chi connectivity index (χ1v) is 7.95. The molecule has 0 spiro atoms. The van der Waals surface area contributed by atoms with Gasteiger partial charge in [-0.25, -0.2) is 9.97 Å². The minimum atomic E-state index is 0.298. The molecule has 2 N–H and O–H groups in total. The van der Waals surface area contributed by atoms with Gasteiger partial charge in [-0.05, 0) is 30.0 Å². The van der Waals surface area contributed by atoms with Gasteiger partial charge in [-0.2, -0.15) is 0 Å². The van der Waals surface area contributed by atoms with Gasteiger partial charge in [-0.3, -0.25) is 0 Å². The number of rotatable bonds is 5. The van der Waals surface area contributed by atoms with E-state index in [9.17, 15) is 0 Å². The molecule has 3 heterocycles. The van der Waals surface area contributed by atoms with Crippen LogP contribution in [0.25, 0.3) is 11.3 Å². The average molecular weight is 298 g/mol. The Morgan fingerprint density at radius 1 is 1.33 bits per heavy atom. The van der Waals surface area contributed by atoms with E-state index in [1.165, 1.54) is 4.88 Å². The summed E-state index contributed by atoms with van der Waals surface area (Å²) in [7, 11) is 0. The molecule has 0 bridgehead atoms. The number of aromatic nitrogens is 3. The lowest BCUT2D eigenvalue weighted by molar-refractivity contribution is 0.545. The minimum absolute atomic E-state index is 0.298. The molecule has 5 heteroatoms. The van der Waals surface area contributed by atoms with Gasteiger partial charge in [0.25, 0.3) is 0 Å². The molecule has 0 aliphatic carbocycles. The molecule has 3 rings (SSSR count). The smallest absolute Gasteiger partial charge is 0.132 e. The fourth-order valence-electron chi connectivity index (χ4n) is 2.57. The van der Waals surface area contributed by atoms with Gasteiger partial charge >= 0.3 is 0 Å². The number of hydrogen-bond donors (Lipinski definition) is 1. The predicted octanol–water partition coefficient (Wildman–Crippen LogP) is 3.98. The Balaban J connectivity index is 2.07. The van der Waals surface area contributed by atoms with Crippen LogP contribution >= 0.6 is 11.3 Å². The summed E-state index contributed by atoms with van der Waals surface area (Å²) in [5.74, 6) is 0.542. The molecule has 0 aromatic carbocycles. The molecule has 0 aliphatic rings. The molecule has 0 radical (unpaired) electrons. The standard InChI is InChI=1S/C16H18N4S/c1-2-5-13(15-7-4-9-21-15)20-11-18-10-14(20)12-6-3-8-19-16(12)17/h3-4,6-11,13H,2,5H2,1H3,(H2,17,19). The van der Waals surface area contributed by atoms with Crippen LogP contribution in [0.5, 0.6) is 0 Å². The van der Waals surface area contributed by atoms with Crippen LogP contribution in [0.15, 0.2) is 48.4 Å². The molecule has 0 saturated carbocycles. The molecule has 21 heavy (non-hydrogen) atoms. The van der Waals surface area contributed by atoms with Gasteiger partial charge in [0, 0.05) is 16.6 Å². The van der Waals surface area contributed by atoms with Crippen LogP contribution in [-0.2, 0) is 0 Å². The molecule has 0 saturated heterocycles. The van der Waals surface area contributed by atoms with E-state index in [2.05, 4.69) is 39.0 Å². The zero-order chi connectivity index (χ0) is 14.7. The first kappa shape index (κ1) is 13.8. The van der Waals surface area contributed by atoms with E-state index in [0.29, 0.717) is 11.9 Å². The summed E-state index contributed by atoms with van der Waals surface area (Å²) in [4.78, 5) is 9.87. The molecule has 108 valence electrons. The van der Waals surface area contributed by atoms with Crippen molar-refractivity contribution < 1.29 is 0 Å². The van der Waals surface area contributed by atoms with E-state index in [0.717, 1.165) is 24.1 Å². The Morgan fingerprint density at radius 3 is 2.95 bits per heavy atom. The van der Waals surface area contributed by atoms with Crippen LogP contribution < -0.4 is 5.73 Å². The zero-order valence-electron chi connectivity index (χ0n) is 11.9. The van der Waals surface area contributed by atoms with E-state index in [4.69, 9.17) is 5.73 Å². The zero-order valence-corrected chi connectivity index (χ0v) is 12.8. The topological polar surface area (TPSA) is 56.7 Å². The quantitative estimate of drug-likeness (QED) is 0.775. The number of hydrogen-bond acceptors (Lipinski definition) is 4. The number of imidazole rings is 1. The third-order valence-corrected chi connectivity index (χ3v) is 4.52. The molecule has 4 nitrogen and oxygen atoms in total. The maximum absolute atomic E-state index is 6.02.